The van der Waals surface area contributed by atoms with Crippen LogP contribution in [0.15, 0.2) is 21.9 Å². The molecule has 0 bridgehead atoms. The number of nitrogens with zero attached hydrogens (tertiary/aromatic N) is 3. The molecule has 0 spiro atoms. The first-order valence-corrected chi connectivity index (χ1v) is 7.47. The highest BCUT2D eigenvalue weighted by molar-refractivity contribution is 7.13. The Morgan fingerprint density at radius 2 is 2.40 bits per heavy atom. The van der Waals surface area contributed by atoms with Crippen molar-refractivity contribution < 1.29 is 14.3 Å². The van der Waals surface area contributed by atoms with Gasteiger partial charge in [0.2, 0.25) is 5.89 Å². The molecule has 1 N–H and O–H groups in total. The third-order valence-corrected chi connectivity index (χ3v) is 4.23. The van der Waals surface area contributed by atoms with E-state index in [0.717, 1.165) is 4.88 Å². The van der Waals surface area contributed by atoms with Gasteiger partial charge in [-0.2, -0.15) is 0 Å². The lowest BCUT2D eigenvalue weighted by Crippen LogP contribution is -2.48. The van der Waals surface area contributed by atoms with Crippen molar-refractivity contribution in [3.05, 3.63) is 23.4 Å². The number of aromatic nitrogens is 2. The Balaban J connectivity index is 1.68. The molecule has 0 radical (unpaired) electrons. The van der Waals surface area contributed by atoms with Crippen molar-refractivity contribution in [2.75, 3.05) is 19.8 Å². The molecule has 1 saturated heterocycles. The lowest BCUT2D eigenvalue weighted by Gasteiger charge is -2.36. The predicted octanol–water partition coefficient (Wildman–Crippen LogP) is 1.38. The third-order valence-electron chi connectivity index (χ3n) is 3.38. The molecule has 1 aliphatic heterocycles. The summed E-state index contributed by atoms with van der Waals surface area (Å²) in [5, 5.41) is 19.3. The second kappa shape index (κ2) is 6.01. The fraction of sp³-hybridized carbons (Fsp3) is 0.538. The van der Waals surface area contributed by atoms with Gasteiger partial charge in [-0.15, -0.1) is 21.5 Å². The lowest BCUT2D eigenvalue weighted by molar-refractivity contribution is -0.0823. The summed E-state index contributed by atoms with van der Waals surface area (Å²) < 4.78 is 11.2. The molecule has 0 saturated carbocycles. The largest absolute Gasteiger partial charge is 0.419 e. The highest BCUT2D eigenvalue weighted by Crippen LogP contribution is 2.24. The van der Waals surface area contributed by atoms with E-state index in [1.165, 1.54) is 0 Å². The van der Waals surface area contributed by atoms with Crippen LogP contribution in [0.1, 0.15) is 12.8 Å². The molecule has 0 amide bonds. The van der Waals surface area contributed by atoms with Crippen LogP contribution >= 0.6 is 11.3 Å². The van der Waals surface area contributed by atoms with E-state index in [2.05, 4.69) is 22.0 Å². The van der Waals surface area contributed by atoms with Crippen molar-refractivity contribution in [2.24, 2.45) is 0 Å². The number of aliphatic hydroxyl groups is 1. The summed E-state index contributed by atoms with van der Waals surface area (Å²) in [5.41, 5.74) is 0. The Kier molecular flexibility index (Phi) is 4.11. The van der Waals surface area contributed by atoms with Gasteiger partial charge in [-0.1, -0.05) is 6.07 Å². The van der Waals surface area contributed by atoms with Gasteiger partial charge in [-0.3, -0.25) is 4.90 Å². The zero-order valence-corrected chi connectivity index (χ0v) is 12.0. The summed E-state index contributed by atoms with van der Waals surface area (Å²) in [6, 6.07) is 4.19. The van der Waals surface area contributed by atoms with Crippen molar-refractivity contribution in [1.82, 2.24) is 15.1 Å². The normalized spacial score (nSPS) is 24.1. The van der Waals surface area contributed by atoms with Crippen molar-refractivity contribution in [3.8, 4) is 10.8 Å². The molecule has 2 aromatic rings. The summed E-state index contributed by atoms with van der Waals surface area (Å²) in [5.74, 6) is 1.16. The number of thiophene rings is 1. The predicted molar refractivity (Wildman–Crippen MR) is 74.3 cm³/mol. The summed E-state index contributed by atoms with van der Waals surface area (Å²) in [4.78, 5) is 3.17. The van der Waals surface area contributed by atoms with E-state index in [1.54, 1.807) is 11.3 Å². The Morgan fingerprint density at radius 1 is 1.50 bits per heavy atom. The van der Waals surface area contributed by atoms with Gasteiger partial charge >= 0.3 is 0 Å². The summed E-state index contributed by atoms with van der Waals surface area (Å²) in [6.07, 6.45) is -0.133. The van der Waals surface area contributed by atoms with E-state index in [-0.39, 0.29) is 18.8 Å². The highest BCUT2D eigenvalue weighted by Gasteiger charge is 2.27. The van der Waals surface area contributed by atoms with Crippen LogP contribution in [0.4, 0.5) is 0 Å². The molecule has 2 aromatic heterocycles. The van der Waals surface area contributed by atoms with Crippen LogP contribution in [0.3, 0.4) is 0 Å². The molecule has 0 aliphatic carbocycles. The van der Waals surface area contributed by atoms with Crippen LogP contribution in [0, 0.1) is 0 Å². The van der Waals surface area contributed by atoms with E-state index in [1.807, 2.05) is 17.5 Å². The van der Waals surface area contributed by atoms with E-state index >= 15 is 0 Å². The summed E-state index contributed by atoms with van der Waals surface area (Å²) >= 11 is 1.58. The van der Waals surface area contributed by atoms with Crippen LogP contribution < -0.4 is 0 Å². The molecule has 108 valence electrons. The number of rotatable bonds is 4. The standard InChI is InChI=1S/C13H17N3O3S/c1-9-8-18-10(7-17)5-16(9)6-12-14-15-13(19-12)11-3-2-4-20-11/h2-4,9-10,17H,5-8H2,1H3. The third kappa shape index (κ3) is 2.90. The molecule has 2 atom stereocenters. The molecular formula is C13H17N3O3S. The minimum Gasteiger partial charge on any atom is -0.419 e. The van der Waals surface area contributed by atoms with Gasteiger partial charge in [0.1, 0.15) is 0 Å². The monoisotopic (exact) mass is 295 g/mol. The Morgan fingerprint density at radius 3 is 3.15 bits per heavy atom. The summed E-state index contributed by atoms with van der Waals surface area (Å²) in [7, 11) is 0. The first-order valence-electron chi connectivity index (χ1n) is 6.59. The maximum atomic E-state index is 9.19. The SMILES string of the molecule is CC1COC(CO)CN1Cc1nnc(-c2cccs2)o1. The van der Waals surface area contributed by atoms with E-state index in [4.69, 9.17) is 9.15 Å². The minimum atomic E-state index is -0.133. The Labute approximate surface area is 121 Å². The minimum absolute atomic E-state index is 0.0352. The second-order valence-electron chi connectivity index (χ2n) is 4.89. The smallest absolute Gasteiger partial charge is 0.257 e. The number of morpholine rings is 1. The molecule has 20 heavy (non-hydrogen) atoms. The van der Waals surface area contributed by atoms with Crippen molar-refractivity contribution in [2.45, 2.75) is 25.6 Å². The molecule has 1 aliphatic rings. The highest BCUT2D eigenvalue weighted by atomic mass is 32.1. The van der Waals surface area contributed by atoms with Gasteiger partial charge < -0.3 is 14.3 Å². The fourth-order valence-corrected chi connectivity index (χ4v) is 2.84. The van der Waals surface area contributed by atoms with E-state index in [0.29, 0.717) is 31.5 Å². The topological polar surface area (TPSA) is 71.6 Å². The second-order valence-corrected chi connectivity index (χ2v) is 5.84. The number of ether oxygens (including phenoxy) is 1. The summed E-state index contributed by atoms with van der Waals surface area (Å²) in [6.45, 7) is 3.99. The van der Waals surface area contributed by atoms with Crippen LogP contribution in [-0.2, 0) is 11.3 Å². The fourth-order valence-electron chi connectivity index (χ4n) is 2.20. The Bertz CT molecular complexity index is 543. The average Bonchev–Trinajstić information content (AvgIpc) is 3.12. The molecule has 0 aromatic carbocycles. The maximum Gasteiger partial charge on any atom is 0.257 e. The molecule has 6 nitrogen and oxygen atoms in total. The average molecular weight is 295 g/mol. The van der Waals surface area contributed by atoms with Gasteiger partial charge in [0.05, 0.1) is 30.7 Å². The molecule has 1 fully saturated rings. The molecule has 3 heterocycles. The lowest BCUT2D eigenvalue weighted by atomic mass is 10.2. The first kappa shape index (κ1) is 13.7. The van der Waals surface area contributed by atoms with Gasteiger partial charge in [0, 0.05) is 12.6 Å². The van der Waals surface area contributed by atoms with Crippen LogP contribution in [-0.4, -0.2) is 52.1 Å². The maximum absolute atomic E-state index is 9.19. The first-order chi connectivity index (χ1) is 9.76. The molecule has 3 rings (SSSR count). The van der Waals surface area contributed by atoms with Crippen LogP contribution in [0.2, 0.25) is 0 Å². The number of aliphatic hydroxyl groups excluding tert-OH is 1. The molecule has 2 unspecified atom stereocenters. The zero-order chi connectivity index (χ0) is 13.9. The molecular weight excluding hydrogens is 278 g/mol. The molecule has 7 heteroatoms. The van der Waals surface area contributed by atoms with Gasteiger partial charge in [-0.05, 0) is 18.4 Å². The van der Waals surface area contributed by atoms with Crippen molar-refractivity contribution in [1.29, 1.82) is 0 Å². The van der Waals surface area contributed by atoms with Crippen molar-refractivity contribution >= 4 is 11.3 Å². The van der Waals surface area contributed by atoms with Gasteiger partial charge in [-0.25, -0.2) is 0 Å². The van der Waals surface area contributed by atoms with Gasteiger partial charge in [0.25, 0.3) is 5.89 Å². The van der Waals surface area contributed by atoms with Crippen LogP contribution in [0.5, 0.6) is 0 Å². The number of hydrogen-bond donors (Lipinski definition) is 1. The van der Waals surface area contributed by atoms with Crippen LogP contribution in [0.25, 0.3) is 10.8 Å². The van der Waals surface area contributed by atoms with Crippen molar-refractivity contribution in [3.63, 3.8) is 0 Å². The quantitative estimate of drug-likeness (QED) is 0.919. The van der Waals surface area contributed by atoms with Gasteiger partial charge in [0.15, 0.2) is 0 Å². The Hall–Kier alpha value is -1.28. The number of hydrogen-bond acceptors (Lipinski definition) is 7. The zero-order valence-electron chi connectivity index (χ0n) is 11.2. The van der Waals surface area contributed by atoms with E-state index in [9.17, 15) is 5.11 Å². The van der Waals surface area contributed by atoms with E-state index < -0.39 is 0 Å².